The van der Waals surface area contributed by atoms with Crippen LogP contribution in [-0.2, 0) is 18.9 Å². The molecule has 152 valence electrons. The van der Waals surface area contributed by atoms with Crippen LogP contribution in [0.15, 0.2) is 47.7 Å². The maximum atomic E-state index is 12.5. The van der Waals surface area contributed by atoms with Gasteiger partial charge in [0.1, 0.15) is 11.4 Å². The molecule has 0 unspecified atom stereocenters. The number of aryl methyl sites for hydroxylation is 1. The van der Waals surface area contributed by atoms with Gasteiger partial charge in [-0.25, -0.2) is 9.48 Å². The Bertz CT molecular complexity index is 1100. The third-order valence-corrected chi connectivity index (χ3v) is 5.15. The fourth-order valence-electron chi connectivity index (χ4n) is 3.36. The quantitative estimate of drug-likeness (QED) is 0.666. The summed E-state index contributed by atoms with van der Waals surface area (Å²) in [7, 11) is 1.81. The van der Waals surface area contributed by atoms with Crippen LogP contribution in [0.2, 0.25) is 0 Å². The lowest BCUT2D eigenvalue weighted by Gasteiger charge is -2.29. The Balaban J connectivity index is 2.08. The van der Waals surface area contributed by atoms with Crippen LogP contribution in [0.3, 0.4) is 0 Å². The summed E-state index contributed by atoms with van der Waals surface area (Å²) in [5.41, 5.74) is 2.97. The van der Waals surface area contributed by atoms with E-state index in [9.17, 15) is 14.7 Å². The van der Waals surface area contributed by atoms with Crippen molar-refractivity contribution < 1.29 is 9.90 Å². The van der Waals surface area contributed by atoms with Crippen LogP contribution < -0.4 is 10.7 Å². The van der Waals surface area contributed by atoms with Crippen molar-refractivity contribution in [3.63, 3.8) is 0 Å². The summed E-state index contributed by atoms with van der Waals surface area (Å²) in [4.78, 5) is 23.8. The maximum absolute atomic E-state index is 12.5. The largest absolute Gasteiger partial charge is 0.465 e. The summed E-state index contributed by atoms with van der Waals surface area (Å²) in [5.74, 6) is 0. The zero-order valence-electron chi connectivity index (χ0n) is 17.0. The molecule has 0 aliphatic heterocycles. The summed E-state index contributed by atoms with van der Waals surface area (Å²) >= 11 is 0. The van der Waals surface area contributed by atoms with Crippen molar-refractivity contribution in [2.75, 3.05) is 5.32 Å². The van der Waals surface area contributed by atoms with Crippen LogP contribution in [0.1, 0.15) is 44.0 Å². The highest BCUT2D eigenvalue weighted by Crippen LogP contribution is 2.36. The highest BCUT2D eigenvalue weighted by Gasteiger charge is 2.26. The topological polar surface area (TPSA) is 102 Å². The van der Waals surface area contributed by atoms with Crippen molar-refractivity contribution in [3.05, 3.63) is 69.9 Å². The van der Waals surface area contributed by atoms with Crippen LogP contribution in [0.5, 0.6) is 0 Å². The Morgan fingerprint density at radius 2 is 2.03 bits per heavy atom. The van der Waals surface area contributed by atoms with Gasteiger partial charge in [0, 0.05) is 31.4 Å². The van der Waals surface area contributed by atoms with Crippen LogP contribution in [0.4, 0.5) is 10.5 Å². The molecule has 0 aliphatic carbocycles. The second-order valence-corrected chi connectivity index (χ2v) is 7.63. The van der Waals surface area contributed by atoms with Gasteiger partial charge in [0.15, 0.2) is 0 Å². The lowest BCUT2D eigenvalue weighted by Crippen LogP contribution is -2.23. The van der Waals surface area contributed by atoms with Gasteiger partial charge < -0.3 is 5.11 Å². The molecule has 3 rings (SSSR count). The van der Waals surface area contributed by atoms with Crippen molar-refractivity contribution in [3.8, 4) is 5.69 Å². The van der Waals surface area contributed by atoms with E-state index >= 15 is 0 Å². The molecule has 29 heavy (non-hydrogen) atoms. The van der Waals surface area contributed by atoms with E-state index in [0.29, 0.717) is 17.8 Å². The SMILES string of the molecule is CCC(C)(C)c1c(Cc2nn(-c3cnn(C)c3)ccc2=O)cccc1NC(=O)O. The van der Waals surface area contributed by atoms with E-state index in [2.05, 4.69) is 36.3 Å². The summed E-state index contributed by atoms with van der Waals surface area (Å²) in [6.45, 7) is 6.17. The van der Waals surface area contributed by atoms with Gasteiger partial charge in [-0.2, -0.15) is 10.2 Å². The third kappa shape index (κ3) is 4.37. The van der Waals surface area contributed by atoms with Crippen molar-refractivity contribution >= 4 is 11.8 Å². The monoisotopic (exact) mass is 395 g/mol. The standard InChI is InChI=1S/C21H25N5O3/c1-5-21(2,3)19-14(7-6-8-16(19)23-20(28)29)11-17-18(27)9-10-26(24-17)15-12-22-25(4)13-15/h6-10,12-13,23H,5,11H2,1-4H3,(H,28,29). The van der Waals surface area contributed by atoms with E-state index in [1.54, 1.807) is 33.9 Å². The number of hydrogen-bond acceptors (Lipinski definition) is 4. The summed E-state index contributed by atoms with van der Waals surface area (Å²) in [6, 6.07) is 6.94. The number of carbonyl (C=O) groups is 1. The minimum absolute atomic E-state index is 0.165. The van der Waals surface area contributed by atoms with Crippen molar-refractivity contribution in [2.24, 2.45) is 7.05 Å². The molecule has 0 bridgehead atoms. The lowest BCUT2D eigenvalue weighted by atomic mass is 9.77. The van der Waals surface area contributed by atoms with Gasteiger partial charge in [-0.1, -0.05) is 32.9 Å². The Morgan fingerprint density at radius 3 is 2.66 bits per heavy atom. The zero-order chi connectivity index (χ0) is 21.2. The van der Waals surface area contributed by atoms with E-state index in [1.165, 1.54) is 6.07 Å². The minimum atomic E-state index is -1.12. The molecule has 0 spiro atoms. The number of amides is 1. The van der Waals surface area contributed by atoms with E-state index in [-0.39, 0.29) is 10.8 Å². The second-order valence-electron chi connectivity index (χ2n) is 7.63. The maximum Gasteiger partial charge on any atom is 0.409 e. The van der Waals surface area contributed by atoms with Crippen LogP contribution in [0, 0.1) is 0 Å². The second kappa shape index (κ2) is 7.90. The molecule has 0 saturated heterocycles. The summed E-state index contributed by atoms with van der Waals surface area (Å²) in [6.07, 6.45) is 5.08. The average Bonchev–Trinajstić information content (AvgIpc) is 3.09. The Morgan fingerprint density at radius 1 is 1.28 bits per heavy atom. The molecule has 0 aliphatic rings. The number of benzene rings is 1. The molecule has 2 N–H and O–H groups in total. The number of anilines is 1. The van der Waals surface area contributed by atoms with Crippen LogP contribution >= 0.6 is 0 Å². The number of hydrogen-bond donors (Lipinski definition) is 2. The lowest BCUT2D eigenvalue weighted by molar-refractivity contribution is 0.209. The molecule has 8 nitrogen and oxygen atoms in total. The smallest absolute Gasteiger partial charge is 0.409 e. The predicted octanol–water partition coefficient (Wildman–Crippen LogP) is 3.33. The molecule has 3 aromatic rings. The number of aromatic nitrogens is 4. The summed E-state index contributed by atoms with van der Waals surface area (Å²) in [5, 5.41) is 20.4. The molecular formula is C21H25N5O3. The van der Waals surface area contributed by atoms with E-state index in [0.717, 1.165) is 23.2 Å². The van der Waals surface area contributed by atoms with E-state index in [4.69, 9.17) is 0 Å². The molecule has 0 atom stereocenters. The summed E-state index contributed by atoms with van der Waals surface area (Å²) < 4.78 is 3.28. The Kier molecular flexibility index (Phi) is 5.54. The third-order valence-electron chi connectivity index (χ3n) is 5.15. The van der Waals surface area contributed by atoms with Gasteiger partial charge in [0.05, 0.1) is 12.4 Å². The molecule has 1 aromatic carbocycles. The Labute approximate surface area is 168 Å². The van der Waals surface area contributed by atoms with Gasteiger partial charge in [0.25, 0.3) is 0 Å². The molecule has 1 amide bonds. The highest BCUT2D eigenvalue weighted by atomic mass is 16.4. The normalized spacial score (nSPS) is 11.4. The minimum Gasteiger partial charge on any atom is -0.465 e. The fourth-order valence-corrected chi connectivity index (χ4v) is 3.36. The van der Waals surface area contributed by atoms with Crippen molar-refractivity contribution in [1.82, 2.24) is 19.6 Å². The first kappa shape index (κ1) is 20.3. The average molecular weight is 395 g/mol. The molecular weight excluding hydrogens is 370 g/mol. The molecule has 0 fully saturated rings. The van der Waals surface area contributed by atoms with Gasteiger partial charge >= 0.3 is 6.09 Å². The Hall–Kier alpha value is -3.42. The molecule has 2 heterocycles. The van der Waals surface area contributed by atoms with E-state index < -0.39 is 6.09 Å². The zero-order valence-corrected chi connectivity index (χ0v) is 17.0. The van der Waals surface area contributed by atoms with Crippen LogP contribution in [-0.4, -0.2) is 30.8 Å². The van der Waals surface area contributed by atoms with Crippen molar-refractivity contribution in [2.45, 2.75) is 39.0 Å². The first-order valence-electron chi connectivity index (χ1n) is 9.41. The molecule has 8 heteroatoms. The molecule has 0 saturated carbocycles. The number of rotatable bonds is 6. The van der Waals surface area contributed by atoms with E-state index in [1.807, 2.05) is 19.3 Å². The van der Waals surface area contributed by atoms with Gasteiger partial charge in [-0.3, -0.25) is 14.8 Å². The first-order valence-corrected chi connectivity index (χ1v) is 9.41. The molecule has 0 radical (unpaired) electrons. The number of nitrogens with zero attached hydrogens (tertiary/aromatic N) is 4. The molecule has 2 aromatic heterocycles. The fraction of sp³-hybridized carbons (Fsp3) is 0.333. The van der Waals surface area contributed by atoms with Crippen LogP contribution in [0.25, 0.3) is 5.69 Å². The van der Waals surface area contributed by atoms with Gasteiger partial charge in [0.2, 0.25) is 5.43 Å². The number of nitrogens with one attached hydrogen (secondary N) is 1. The highest BCUT2D eigenvalue weighted by molar-refractivity contribution is 5.84. The van der Waals surface area contributed by atoms with Gasteiger partial charge in [-0.05, 0) is 29.0 Å². The van der Waals surface area contributed by atoms with Crippen molar-refractivity contribution in [1.29, 1.82) is 0 Å². The van der Waals surface area contributed by atoms with Gasteiger partial charge in [-0.15, -0.1) is 0 Å². The predicted molar refractivity (Wildman–Crippen MR) is 111 cm³/mol. The number of carboxylic acid groups (broad SMARTS) is 1. The first-order chi connectivity index (χ1) is 13.7.